The monoisotopic (exact) mass is 462 g/mol. The number of likely N-dealkylation sites (tertiary alicyclic amines) is 1. The summed E-state index contributed by atoms with van der Waals surface area (Å²) >= 11 is 0. The highest BCUT2D eigenvalue weighted by Crippen LogP contribution is 2.34. The zero-order valence-electron chi connectivity index (χ0n) is 21.0. The first-order valence-corrected chi connectivity index (χ1v) is 13.0. The highest BCUT2D eigenvalue weighted by Gasteiger charge is 2.34. The van der Waals surface area contributed by atoms with E-state index in [9.17, 15) is 9.18 Å². The minimum absolute atomic E-state index is 0.0568. The maximum atomic E-state index is 14.3. The molecule has 0 N–H and O–H groups in total. The fourth-order valence-electron chi connectivity index (χ4n) is 5.78. The van der Waals surface area contributed by atoms with Gasteiger partial charge < -0.3 is 9.80 Å². The lowest BCUT2D eigenvalue weighted by atomic mass is 9.84. The minimum Gasteiger partial charge on any atom is -0.311 e. The Morgan fingerprint density at radius 1 is 1.06 bits per heavy atom. The van der Waals surface area contributed by atoms with Crippen molar-refractivity contribution in [1.82, 2.24) is 4.90 Å². The number of carbonyl (C=O) groups is 1. The maximum Gasteiger partial charge on any atom is 0.229 e. The van der Waals surface area contributed by atoms with Crippen LogP contribution in [-0.2, 0) is 11.2 Å². The molecule has 2 aliphatic rings. The van der Waals surface area contributed by atoms with E-state index >= 15 is 0 Å². The molecule has 2 heterocycles. The van der Waals surface area contributed by atoms with Gasteiger partial charge in [-0.15, -0.1) is 0 Å². The predicted molar refractivity (Wildman–Crippen MR) is 140 cm³/mol. The van der Waals surface area contributed by atoms with Crippen LogP contribution in [0.5, 0.6) is 0 Å². The van der Waals surface area contributed by atoms with Gasteiger partial charge in [0.2, 0.25) is 5.91 Å². The highest BCUT2D eigenvalue weighted by molar-refractivity contribution is 5.97. The van der Waals surface area contributed by atoms with Crippen molar-refractivity contribution in [2.45, 2.75) is 59.3 Å². The molecule has 0 aromatic heterocycles. The lowest BCUT2D eigenvalue weighted by Gasteiger charge is -2.38. The van der Waals surface area contributed by atoms with Crippen LogP contribution in [0.3, 0.4) is 0 Å². The molecule has 2 atom stereocenters. The molecule has 0 aliphatic carbocycles. The first kappa shape index (κ1) is 24.7. The first-order valence-electron chi connectivity index (χ1n) is 13.0. The lowest BCUT2D eigenvalue weighted by Crippen LogP contribution is -2.46. The van der Waals surface area contributed by atoms with Gasteiger partial charge in [0.05, 0.1) is 0 Å². The van der Waals surface area contributed by atoms with Gasteiger partial charge in [-0.1, -0.05) is 43.7 Å². The summed E-state index contributed by atoms with van der Waals surface area (Å²) in [4.78, 5) is 17.7. The Kier molecular flexibility index (Phi) is 8.20. The largest absolute Gasteiger partial charge is 0.311 e. The second-order valence-electron chi connectivity index (χ2n) is 10.3. The van der Waals surface area contributed by atoms with Crippen LogP contribution in [-0.4, -0.2) is 37.0 Å². The Balaban J connectivity index is 1.45. The van der Waals surface area contributed by atoms with Crippen molar-refractivity contribution in [1.29, 1.82) is 0 Å². The molecule has 3 nitrogen and oxygen atoms in total. The van der Waals surface area contributed by atoms with Gasteiger partial charge in [-0.25, -0.2) is 4.39 Å². The summed E-state index contributed by atoms with van der Waals surface area (Å²) in [7, 11) is 0. The van der Waals surface area contributed by atoms with E-state index < -0.39 is 0 Å². The minimum atomic E-state index is -0.151. The van der Waals surface area contributed by atoms with Gasteiger partial charge in [0, 0.05) is 24.7 Å². The Hall–Kier alpha value is -2.46. The third-order valence-electron chi connectivity index (χ3n) is 7.44. The van der Waals surface area contributed by atoms with Crippen LogP contribution < -0.4 is 4.90 Å². The fraction of sp³-hybridized carbons (Fsp3) is 0.500. The number of anilines is 1. The molecular formula is C30H39FN2O. The van der Waals surface area contributed by atoms with Gasteiger partial charge in [0.1, 0.15) is 5.82 Å². The molecule has 34 heavy (non-hydrogen) atoms. The summed E-state index contributed by atoms with van der Waals surface area (Å²) in [6.45, 7) is 10.5. The van der Waals surface area contributed by atoms with Crippen molar-refractivity contribution in [3.63, 3.8) is 0 Å². The average Bonchev–Trinajstić information content (AvgIpc) is 2.81. The lowest BCUT2D eigenvalue weighted by molar-refractivity contribution is -0.124. The second kappa shape index (κ2) is 11.3. The molecular weight excluding hydrogens is 423 g/mol. The number of halogens is 1. The summed E-state index contributed by atoms with van der Waals surface area (Å²) in [5.41, 5.74) is 5.22. The van der Waals surface area contributed by atoms with Crippen LogP contribution in [0.1, 0.15) is 61.3 Å². The summed E-state index contributed by atoms with van der Waals surface area (Å²) in [6.07, 6.45) is 11.1. The van der Waals surface area contributed by atoms with Crippen LogP contribution in [0, 0.1) is 31.5 Å². The Morgan fingerprint density at radius 2 is 1.76 bits per heavy atom. The molecule has 0 saturated carbocycles. The molecule has 2 aromatic rings. The van der Waals surface area contributed by atoms with Crippen molar-refractivity contribution in [3.8, 4) is 0 Å². The summed E-state index contributed by atoms with van der Waals surface area (Å²) in [5, 5.41) is 0. The van der Waals surface area contributed by atoms with Gasteiger partial charge in [0.25, 0.3) is 0 Å². The molecule has 2 aromatic carbocycles. The van der Waals surface area contributed by atoms with Crippen LogP contribution >= 0.6 is 0 Å². The molecule has 0 unspecified atom stereocenters. The molecule has 1 amide bonds. The van der Waals surface area contributed by atoms with Crippen molar-refractivity contribution >= 4 is 17.7 Å². The molecule has 0 radical (unpaired) electrons. The number of hydrogen-bond acceptors (Lipinski definition) is 2. The zero-order chi connectivity index (χ0) is 24.1. The quantitative estimate of drug-likeness (QED) is 0.465. The number of carbonyl (C=O) groups excluding carboxylic acids is 1. The third-order valence-corrected chi connectivity index (χ3v) is 7.44. The van der Waals surface area contributed by atoms with E-state index in [1.165, 1.54) is 44.0 Å². The summed E-state index contributed by atoms with van der Waals surface area (Å²) in [5.74, 6) is 0.222. The number of amides is 1. The standard InChI is InChI=1S/C30H39FN2O/c1-22-17-25(11-7-10-16-32-14-8-4-9-15-32)18-23(2)29(22)33-21-26(19-24(3)30(33)34)20-27-12-5-6-13-28(27)31/h5-7,11-13,17-18,24,26H,4,8-10,14-16,19-21H2,1-3H3/b11-7+/t24-,26-/m1/s1. The SMILES string of the molecule is Cc1cc(/C=C/CCN2CCCCC2)cc(C)c1N1C[C@@H](Cc2ccccc2F)C[C@@H](C)C1=O. The third kappa shape index (κ3) is 5.96. The number of benzene rings is 2. The van der Waals surface area contributed by atoms with Crippen LogP contribution in [0.2, 0.25) is 0 Å². The van der Waals surface area contributed by atoms with Crippen LogP contribution in [0.15, 0.2) is 42.5 Å². The molecule has 2 saturated heterocycles. The fourth-order valence-corrected chi connectivity index (χ4v) is 5.78. The first-order chi connectivity index (χ1) is 16.4. The van der Waals surface area contributed by atoms with E-state index in [1.54, 1.807) is 6.07 Å². The molecule has 182 valence electrons. The van der Waals surface area contributed by atoms with Crippen molar-refractivity contribution < 1.29 is 9.18 Å². The van der Waals surface area contributed by atoms with E-state index in [1.807, 2.05) is 24.0 Å². The van der Waals surface area contributed by atoms with E-state index in [4.69, 9.17) is 0 Å². The van der Waals surface area contributed by atoms with Gasteiger partial charge >= 0.3 is 0 Å². The van der Waals surface area contributed by atoms with E-state index in [-0.39, 0.29) is 23.6 Å². The smallest absolute Gasteiger partial charge is 0.229 e. The highest BCUT2D eigenvalue weighted by atomic mass is 19.1. The van der Waals surface area contributed by atoms with Gasteiger partial charge in [-0.3, -0.25) is 4.79 Å². The summed E-state index contributed by atoms with van der Waals surface area (Å²) < 4.78 is 14.3. The second-order valence-corrected chi connectivity index (χ2v) is 10.3. The van der Waals surface area contributed by atoms with Crippen LogP contribution in [0.25, 0.3) is 6.08 Å². The van der Waals surface area contributed by atoms with Crippen molar-refractivity contribution in [2.75, 3.05) is 31.1 Å². The van der Waals surface area contributed by atoms with Gasteiger partial charge in [-0.05, 0) is 105 Å². The Bertz CT molecular complexity index is 1000. The van der Waals surface area contributed by atoms with Crippen molar-refractivity contribution in [3.05, 3.63) is 70.5 Å². The number of aryl methyl sites for hydroxylation is 2. The number of hydrogen-bond donors (Lipinski definition) is 0. The number of nitrogens with zero attached hydrogens (tertiary/aromatic N) is 2. The zero-order valence-corrected chi connectivity index (χ0v) is 21.0. The summed E-state index contributed by atoms with van der Waals surface area (Å²) in [6, 6.07) is 11.4. The number of rotatable bonds is 7. The van der Waals surface area contributed by atoms with Crippen LogP contribution in [0.4, 0.5) is 10.1 Å². The average molecular weight is 463 g/mol. The Morgan fingerprint density at radius 3 is 2.47 bits per heavy atom. The normalized spacial score (nSPS) is 22.0. The number of piperidine rings is 2. The molecule has 2 fully saturated rings. The van der Waals surface area contributed by atoms with E-state index in [0.29, 0.717) is 13.0 Å². The maximum absolute atomic E-state index is 14.3. The predicted octanol–water partition coefficient (Wildman–Crippen LogP) is 6.56. The van der Waals surface area contributed by atoms with E-state index in [0.717, 1.165) is 41.8 Å². The molecule has 0 spiro atoms. The van der Waals surface area contributed by atoms with Gasteiger partial charge in [-0.2, -0.15) is 0 Å². The van der Waals surface area contributed by atoms with Gasteiger partial charge in [0.15, 0.2) is 0 Å². The van der Waals surface area contributed by atoms with Crippen molar-refractivity contribution in [2.24, 2.45) is 11.8 Å². The molecule has 4 rings (SSSR count). The molecule has 4 heteroatoms. The Labute approximate surface area is 204 Å². The van der Waals surface area contributed by atoms with E-state index in [2.05, 4.69) is 43.0 Å². The molecule has 2 aliphatic heterocycles. The topological polar surface area (TPSA) is 23.6 Å². The molecule has 0 bridgehead atoms.